The van der Waals surface area contributed by atoms with E-state index in [-0.39, 0.29) is 11.0 Å². The van der Waals surface area contributed by atoms with E-state index in [1.807, 2.05) is 18.2 Å². The Bertz CT molecular complexity index is 639. The molecule has 1 aliphatic carbocycles. The van der Waals surface area contributed by atoms with Gasteiger partial charge in [-0.1, -0.05) is 18.2 Å². The van der Waals surface area contributed by atoms with E-state index in [0.29, 0.717) is 12.1 Å². The number of hydrogen-bond donors (Lipinski definition) is 3. The molecule has 0 heterocycles. The Morgan fingerprint density at radius 1 is 1.26 bits per heavy atom. The van der Waals surface area contributed by atoms with E-state index in [1.54, 1.807) is 18.2 Å². The quantitative estimate of drug-likeness (QED) is 0.447. The number of allylic oxidation sites excluding steroid dienone is 3. The van der Waals surface area contributed by atoms with Crippen LogP contribution >= 0.6 is 7.60 Å². The van der Waals surface area contributed by atoms with Crippen molar-refractivity contribution in [2.45, 2.75) is 6.42 Å². The summed E-state index contributed by atoms with van der Waals surface area (Å²) < 4.78 is 11.5. The summed E-state index contributed by atoms with van der Waals surface area (Å²) in [4.78, 5) is 21.6. The molecule has 7 heteroatoms. The molecular weight excluding hydrogens is 265 g/mol. The van der Waals surface area contributed by atoms with E-state index in [1.165, 1.54) is 6.08 Å². The number of nitrogens with one attached hydrogen (secondary N) is 1. The molecule has 0 aliphatic heterocycles. The van der Waals surface area contributed by atoms with Gasteiger partial charge < -0.3 is 20.6 Å². The molecule has 3 N–H and O–H groups in total. The first-order valence-corrected chi connectivity index (χ1v) is 7.13. The first-order chi connectivity index (χ1) is 9.00. The molecule has 0 fully saturated rings. The standard InChI is InChI=1S/C12H12N3O3P/c13-15-10-6-7-11(12(8-10)19(16,17)18)14-9-4-2-1-3-5-9/h1-5,7-8,14H,6H2,(H2,16,17,18). The molecule has 0 atom stereocenters. The minimum atomic E-state index is -4.45. The normalized spacial score (nSPS) is 15.4. The smallest absolute Gasteiger partial charge is 0.358 e. The van der Waals surface area contributed by atoms with Crippen LogP contribution in [0.2, 0.25) is 0 Å². The lowest BCUT2D eigenvalue weighted by atomic mass is 10.1. The lowest BCUT2D eigenvalue weighted by molar-refractivity contribution is -0.00546. The van der Waals surface area contributed by atoms with Gasteiger partial charge in [-0.15, -0.1) is 0 Å². The van der Waals surface area contributed by atoms with Crippen molar-refractivity contribution in [3.8, 4) is 0 Å². The Balaban J connectivity index is 2.35. The summed E-state index contributed by atoms with van der Waals surface area (Å²) in [5.41, 5.74) is 9.94. The van der Waals surface area contributed by atoms with Crippen molar-refractivity contribution in [1.29, 1.82) is 0 Å². The molecule has 0 amide bonds. The van der Waals surface area contributed by atoms with E-state index in [2.05, 4.69) is 10.1 Å². The molecule has 0 saturated carbocycles. The third-order valence-electron chi connectivity index (χ3n) is 2.59. The summed E-state index contributed by atoms with van der Waals surface area (Å²) in [7, 11) is -4.45. The molecule has 19 heavy (non-hydrogen) atoms. The Morgan fingerprint density at radius 2 is 1.95 bits per heavy atom. The zero-order valence-corrected chi connectivity index (χ0v) is 10.8. The molecule has 0 aromatic heterocycles. The maximum Gasteiger partial charge on any atom is 0.358 e. The summed E-state index contributed by atoms with van der Waals surface area (Å²) in [6.45, 7) is 0. The van der Waals surface area contributed by atoms with Crippen LogP contribution in [-0.2, 0) is 4.57 Å². The highest BCUT2D eigenvalue weighted by Crippen LogP contribution is 2.49. The van der Waals surface area contributed by atoms with E-state index in [0.717, 1.165) is 5.69 Å². The van der Waals surface area contributed by atoms with Crippen LogP contribution in [0.4, 0.5) is 5.69 Å². The van der Waals surface area contributed by atoms with Crippen LogP contribution in [0.3, 0.4) is 0 Å². The van der Waals surface area contributed by atoms with Gasteiger partial charge in [0.25, 0.3) is 5.71 Å². The molecule has 0 unspecified atom stereocenters. The van der Waals surface area contributed by atoms with Gasteiger partial charge in [0.2, 0.25) is 0 Å². The van der Waals surface area contributed by atoms with E-state index in [4.69, 9.17) is 5.53 Å². The van der Waals surface area contributed by atoms with Crippen molar-refractivity contribution in [3.05, 3.63) is 59.0 Å². The summed E-state index contributed by atoms with van der Waals surface area (Å²) >= 11 is 0. The lowest BCUT2D eigenvalue weighted by Gasteiger charge is -2.17. The fourth-order valence-corrected chi connectivity index (χ4v) is 2.49. The monoisotopic (exact) mass is 277 g/mol. The maximum absolute atomic E-state index is 11.5. The van der Waals surface area contributed by atoms with Gasteiger partial charge in [0.05, 0.1) is 17.4 Å². The molecule has 6 nitrogen and oxygen atoms in total. The lowest BCUT2D eigenvalue weighted by Crippen LogP contribution is -2.11. The number of para-hydroxylation sites is 1. The summed E-state index contributed by atoms with van der Waals surface area (Å²) in [6.07, 6.45) is 3.08. The van der Waals surface area contributed by atoms with Crippen LogP contribution < -0.4 is 5.32 Å². The third-order valence-corrected chi connectivity index (χ3v) is 3.59. The van der Waals surface area contributed by atoms with Crippen LogP contribution in [0.15, 0.2) is 53.5 Å². The number of rotatable bonds is 3. The zero-order chi connectivity index (χ0) is 13.9. The highest BCUT2D eigenvalue weighted by atomic mass is 31.2. The van der Waals surface area contributed by atoms with Gasteiger partial charge in [-0.05, 0) is 18.2 Å². The van der Waals surface area contributed by atoms with Crippen LogP contribution in [0, 0.1) is 0 Å². The number of anilines is 1. The van der Waals surface area contributed by atoms with Crippen molar-refractivity contribution < 1.29 is 19.1 Å². The van der Waals surface area contributed by atoms with Gasteiger partial charge in [0.15, 0.2) is 0 Å². The minimum absolute atomic E-state index is 0.185. The van der Waals surface area contributed by atoms with Crippen LogP contribution in [0.25, 0.3) is 5.53 Å². The molecular formula is C12H12N3O3P. The predicted octanol–water partition coefficient (Wildman–Crippen LogP) is 2.12. The second kappa shape index (κ2) is 5.34. The first kappa shape index (κ1) is 13.5. The average Bonchev–Trinajstić information content (AvgIpc) is 2.39. The van der Waals surface area contributed by atoms with Gasteiger partial charge in [0.1, 0.15) is 0 Å². The molecule has 0 spiro atoms. The SMILES string of the molecule is [N-]=[N+]=C1C=C(P(=O)(O)O)C(Nc2ccccc2)=CC1. The Morgan fingerprint density at radius 3 is 2.53 bits per heavy atom. The predicted molar refractivity (Wildman–Crippen MR) is 71.5 cm³/mol. The summed E-state index contributed by atoms with van der Waals surface area (Å²) in [6, 6.07) is 9.04. The van der Waals surface area contributed by atoms with Crippen LogP contribution in [-0.4, -0.2) is 20.3 Å². The van der Waals surface area contributed by atoms with Crippen molar-refractivity contribution in [3.63, 3.8) is 0 Å². The highest BCUT2D eigenvalue weighted by molar-refractivity contribution is 7.57. The molecule has 2 rings (SSSR count). The van der Waals surface area contributed by atoms with Gasteiger partial charge in [-0.25, -0.2) is 0 Å². The molecule has 0 bridgehead atoms. The average molecular weight is 277 g/mol. The second-order valence-electron chi connectivity index (χ2n) is 3.98. The Kier molecular flexibility index (Phi) is 3.79. The Labute approximate surface area is 109 Å². The second-order valence-corrected chi connectivity index (χ2v) is 5.55. The van der Waals surface area contributed by atoms with Crippen molar-refractivity contribution >= 4 is 19.0 Å². The minimum Gasteiger partial charge on any atom is -0.361 e. The molecule has 1 aliphatic rings. The number of nitrogens with zero attached hydrogens (tertiary/aromatic N) is 2. The number of benzene rings is 1. The molecule has 0 saturated heterocycles. The van der Waals surface area contributed by atoms with Crippen molar-refractivity contribution in [1.82, 2.24) is 0 Å². The maximum atomic E-state index is 11.5. The summed E-state index contributed by atoms with van der Waals surface area (Å²) in [5, 5.41) is 2.76. The molecule has 1 aromatic carbocycles. The number of hydrogen-bond acceptors (Lipinski definition) is 2. The Hall–Kier alpha value is -1.97. The van der Waals surface area contributed by atoms with Crippen LogP contribution in [0.5, 0.6) is 0 Å². The largest absolute Gasteiger partial charge is 0.361 e. The summed E-state index contributed by atoms with van der Waals surface area (Å²) in [5.74, 6) is 0. The highest BCUT2D eigenvalue weighted by Gasteiger charge is 2.29. The van der Waals surface area contributed by atoms with Crippen LogP contribution in [0.1, 0.15) is 6.42 Å². The van der Waals surface area contributed by atoms with Gasteiger partial charge in [0, 0.05) is 11.8 Å². The van der Waals surface area contributed by atoms with E-state index in [9.17, 15) is 14.4 Å². The zero-order valence-electron chi connectivity index (χ0n) is 9.89. The fourth-order valence-electron chi connectivity index (χ4n) is 1.71. The topological polar surface area (TPSA) is 106 Å². The fraction of sp³-hybridized carbons (Fsp3) is 0.0833. The van der Waals surface area contributed by atoms with Gasteiger partial charge >= 0.3 is 7.60 Å². The van der Waals surface area contributed by atoms with E-state index >= 15 is 0 Å². The van der Waals surface area contributed by atoms with Gasteiger partial charge in [-0.2, -0.15) is 4.79 Å². The van der Waals surface area contributed by atoms with E-state index < -0.39 is 7.60 Å². The van der Waals surface area contributed by atoms with Crippen molar-refractivity contribution in [2.75, 3.05) is 5.32 Å². The third kappa shape index (κ3) is 3.28. The molecule has 0 radical (unpaired) electrons. The van der Waals surface area contributed by atoms with Gasteiger partial charge in [-0.3, -0.25) is 4.57 Å². The first-order valence-electron chi connectivity index (χ1n) is 5.52. The van der Waals surface area contributed by atoms with Crippen molar-refractivity contribution in [2.24, 2.45) is 0 Å². The molecule has 1 aromatic rings. The molecule has 98 valence electrons.